The van der Waals surface area contributed by atoms with Crippen molar-refractivity contribution < 1.29 is 9.90 Å². The summed E-state index contributed by atoms with van der Waals surface area (Å²) in [4.78, 5) is 15.8. The molecular weight excluding hydrogens is 348 g/mol. The molecule has 2 aromatic heterocycles. The maximum absolute atomic E-state index is 11.9. The molecule has 0 saturated heterocycles. The van der Waals surface area contributed by atoms with Crippen molar-refractivity contribution >= 4 is 38.4 Å². The molecule has 0 fully saturated rings. The van der Waals surface area contributed by atoms with E-state index in [1.165, 1.54) is 6.20 Å². The number of amides is 1. The zero-order chi connectivity index (χ0) is 15.7. The quantitative estimate of drug-likeness (QED) is 0.703. The van der Waals surface area contributed by atoms with E-state index in [9.17, 15) is 9.90 Å². The number of fused-ring (bicyclic) bond motifs is 1. The van der Waals surface area contributed by atoms with Gasteiger partial charge in [0.1, 0.15) is 5.69 Å². The Hall–Kier alpha value is -2.54. The highest BCUT2D eigenvalue weighted by Crippen LogP contribution is 2.39. The van der Waals surface area contributed by atoms with Crippen molar-refractivity contribution in [1.29, 1.82) is 0 Å². The number of halogens is 1. The maximum Gasteiger partial charge on any atom is 0.313 e. The summed E-state index contributed by atoms with van der Waals surface area (Å²) in [5.74, 6) is -0.613. The standard InChI is InChI=1S/C15H11BrN4O2/c1-20-12-6-5-9(16)8-10(12)13(15(20)22)18-19-14(21)11-4-2-3-7-17-11/h2-8,22H,1H3. The summed E-state index contributed by atoms with van der Waals surface area (Å²) < 4.78 is 2.43. The molecular formula is C15H11BrN4O2. The normalized spacial score (nSPS) is 11.4. The number of rotatable bonds is 2. The van der Waals surface area contributed by atoms with Crippen LogP contribution in [0.3, 0.4) is 0 Å². The van der Waals surface area contributed by atoms with Gasteiger partial charge in [-0.25, -0.2) is 0 Å². The number of nitrogens with zero attached hydrogens (tertiary/aromatic N) is 4. The molecule has 2 heterocycles. The number of azo groups is 1. The summed E-state index contributed by atoms with van der Waals surface area (Å²) in [7, 11) is 1.71. The third kappa shape index (κ3) is 2.50. The van der Waals surface area contributed by atoms with Crippen molar-refractivity contribution in [2.24, 2.45) is 17.3 Å². The van der Waals surface area contributed by atoms with Crippen molar-refractivity contribution in [2.75, 3.05) is 0 Å². The molecule has 6 nitrogen and oxygen atoms in total. The Kier molecular flexibility index (Phi) is 3.72. The van der Waals surface area contributed by atoms with Gasteiger partial charge in [-0.2, -0.15) is 0 Å². The average molecular weight is 359 g/mol. The highest BCUT2D eigenvalue weighted by atomic mass is 79.9. The molecule has 7 heteroatoms. The van der Waals surface area contributed by atoms with Crippen LogP contribution >= 0.6 is 15.9 Å². The predicted octanol–water partition coefficient (Wildman–Crippen LogP) is 3.97. The smallest absolute Gasteiger partial charge is 0.313 e. The number of aryl methyl sites for hydroxylation is 1. The first-order chi connectivity index (χ1) is 10.6. The summed E-state index contributed by atoms with van der Waals surface area (Å²) in [6.07, 6.45) is 1.51. The van der Waals surface area contributed by atoms with Crippen LogP contribution in [-0.4, -0.2) is 20.6 Å². The number of carbonyl (C=O) groups is 1. The number of carbonyl (C=O) groups excluding carboxylic acids is 1. The van der Waals surface area contributed by atoms with Gasteiger partial charge in [-0.05, 0) is 30.3 Å². The van der Waals surface area contributed by atoms with Gasteiger partial charge in [-0.3, -0.25) is 9.78 Å². The second-order valence-corrected chi connectivity index (χ2v) is 5.53. The van der Waals surface area contributed by atoms with Gasteiger partial charge < -0.3 is 9.67 Å². The summed E-state index contributed by atoms with van der Waals surface area (Å²) >= 11 is 3.38. The van der Waals surface area contributed by atoms with E-state index in [2.05, 4.69) is 31.1 Å². The van der Waals surface area contributed by atoms with Crippen molar-refractivity contribution in [2.45, 2.75) is 0 Å². The summed E-state index contributed by atoms with van der Waals surface area (Å²) in [5, 5.41) is 18.4. The minimum absolute atomic E-state index is 0.0503. The van der Waals surface area contributed by atoms with Crippen LogP contribution in [-0.2, 0) is 7.05 Å². The van der Waals surface area contributed by atoms with Crippen LogP contribution in [0.4, 0.5) is 5.69 Å². The second kappa shape index (κ2) is 5.69. The molecule has 0 spiro atoms. The molecule has 110 valence electrons. The van der Waals surface area contributed by atoms with Crippen LogP contribution in [0.5, 0.6) is 5.88 Å². The van der Waals surface area contributed by atoms with E-state index in [-0.39, 0.29) is 17.3 Å². The first kappa shape index (κ1) is 14.4. The highest BCUT2D eigenvalue weighted by molar-refractivity contribution is 9.10. The van der Waals surface area contributed by atoms with Gasteiger partial charge in [-0.1, -0.05) is 22.0 Å². The molecule has 22 heavy (non-hydrogen) atoms. The minimum Gasteiger partial charge on any atom is -0.493 e. The lowest BCUT2D eigenvalue weighted by molar-refractivity contribution is 0.0990. The monoisotopic (exact) mass is 358 g/mol. The molecule has 0 aliphatic rings. The highest BCUT2D eigenvalue weighted by Gasteiger charge is 2.15. The second-order valence-electron chi connectivity index (χ2n) is 4.61. The lowest BCUT2D eigenvalue weighted by Gasteiger charge is -1.96. The first-order valence-corrected chi connectivity index (χ1v) is 7.21. The lowest BCUT2D eigenvalue weighted by atomic mass is 10.2. The number of aromatic nitrogens is 2. The van der Waals surface area contributed by atoms with Crippen LogP contribution < -0.4 is 0 Å². The summed E-state index contributed by atoms with van der Waals surface area (Å²) in [6.45, 7) is 0. The average Bonchev–Trinajstić information content (AvgIpc) is 2.77. The van der Waals surface area contributed by atoms with Gasteiger partial charge in [0.05, 0.1) is 5.52 Å². The maximum atomic E-state index is 11.9. The third-order valence-electron chi connectivity index (χ3n) is 3.23. The molecule has 3 aromatic rings. The molecule has 1 amide bonds. The van der Waals surface area contributed by atoms with E-state index < -0.39 is 5.91 Å². The van der Waals surface area contributed by atoms with Crippen LogP contribution in [0.15, 0.2) is 57.3 Å². The van der Waals surface area contributed by atoms with Crippen molar-refractivity contribution in [1.82, 2.24) is 9.55 Å². The van der Waals surface area contributed by atoms with E-state index >= 15 is 0 Å². The Morgan fingerprint density at radius 2 is 2.14 bits per heavy atom. The molecule has 0 saturated carbocycles. The van der Waals surface area contributed by atoms with Gasteiger partial charge >= 0.3 is 5.91 Å². The Morgan fingerprint density at radius 1 is 1.32 bits per heavy atom. The van der Waals surface area contributed by atoms with Crippen LogP contribution in [0.2, 0.25) is 0 Å². The molecule has 1 N–H and O–H groups in total. The molecule has 3 rings (SSSR count). The zero-order valence-electron chi connectivity index (χ0n) is 11.6. The molecule has 1 aromatic carbocycles. The van der Waals surface area contributed by atoms with E-state index in [0.29, 0.717) is 5.39 Å². The van der Waals surface area contributed by atoms with E-state index in [0.717, 1.165) is 9.99 Å². The number of benzene rings is 1. The zero-order valence-corrected chi connectivity index (χ0v) is 13.1. The third-order valence-corrected chi connectivity index (χ3v) is 3.72. The number of hydrogen-bond donors (Lipinski definition) is 1. The Morgan fingerprint density at radius 3 is 2.86 bits per heavy atom. The van der Waals surface area contributed by atoms with Gasteiger partial charge in [0.15, 0.2) is 5.69 Å². The van der Waals surface area contributed by atoms with Gasteiger partial charge in [0.2, 0.25) is 5.88 Å². The van der Waals surface area contributed by atoms with E-state index in [1.807, 2.05) is 18.2 Å². The molecule has 0 aliphatic heterocycles. The molecule has 0 radical (unpaired) electrons. The summed E-state index contributed by atoms with van der Waals surface area (Å²) in [6, 6.07) is 10.5. The predicted molar refractivity (Wildman–Crippen MR) is 85.4 cm³/mol. The largest absolute Gasteiger partial charge is 0.493 e. The minimum atomic E-state index is -0.563. The number of pyridine rings is 1. The Balaban J connectivity index is 2.04. The first-order valence-electron chi connectivity index (χ1n) is 6.42. The molecule has 0 unspecified atom stereocenters. The van der Waals surface area contributed by atoms with Gasteiger partial charge in [-0.15, -0.1) is 10.2 Å². The Labute approximate surface area is 134 Å². The van der Waals surface area contributed by atoms with Gasteiger partial charge in [0, 0.05) is 23.1 Å². The SMILES string of the molecule is Cn1c(O)c(N=NC(=O)c2ccccn2)c2cc(Br)ccc21. The fourth-order valence-corrected chi connectivity index (χ4v) is 2.48. The van der Waals surface area contributed by atoms with E-state index in [1.54, 1.807) is 29.8 Å². The van der Waals surface area contributed by atoms with Crippen LogP contribution in [0.1, 0.15) is 10.5 Å². The number of aromatic hydroxyl groups is 1. The van der Waals surface area contributed by atoms with E-state index in [4.69, 9.17) is 0 Å². The lowest BCUT2D eigenvalue weighted by Crippen LogP contribution is -1.96. The molecule has 0 bridgehead atoms. The van der Waals surface area contributed by atoms with Gasteiger partial charge in [0.25, 0.3) is 0 Å². The molecule has 0 aliphatic carbocycles. The molecule has 0 atom stereocenters. The fraction of sp³-hybridized carbons (Fsp3) is 0.0667. The topological polar surface area (TPSA) is 79.8 Å². The van der Waals surface area contributed by atoms with Crippen molar-refractivity contribution in [3.8, 4) is 5.88 Å². The Bertz CT molecular complexity index is 887. The van der Waals surface area contributed by atoms with Crippen molar-refractivity contribution in [3.05, 3.63) is 52.8 Å². The number of hydrogen-bond acceptors (Lipinski definition) is 4. The fourth-order valence-electron chi connectivity index (χ4n) is 2.12. The van der Waals surface area contributed by atoms with Crippen LogP contribution in [0, 0.1) is 0 Å². The van der Waals surface area contributed by atoms with Crippen LogP contribution in [0.25, 0.3) is 10.9 Å². The summed E-state index contributed by atoms with van der Waals surface area (Å²) in [5.41, 5.74) is 1.25. The van der Waals surface area contributed by atoms with Crippen molar-refractivity contribution in [3.63, 3.8) is 0 Å².